The van der Waals surface area contributed by atoms with Crippen LogP contribution in [-0.4, -0.2) is 5.11 Å². The molecule has 1 heteroatoms. The van der Waals surface area contributed by atoms with Gasteiger partial charge < -0.3 is 5.11 Å². The van der Waals surface area contributed by atoms with Gasteiger partial charge in [-0.25, -0.2) is 0 Å². The molecule has 1 N–H and O–H groups in total. The first-order chi connectivity index (χ1) is 9.15. The van der Waals surface area contributed by atoms with Gasteiger partial charge >= 0.3 is 0 Å². The third-order valence-electron chi connectivity index (χ3n) is 5.55. The van der Waals surface area contributed by atoms with Crippen LogP contribution in [0.2, 0.25) is 0 Å². The smallest absolute Gasteiger partial charge is 0.0818 e. The summed E-state index contributed by atoms with van der Waals surface area (Å²) >= 11 is 0. The Labute approximate surface area is 117 Å². The Kier molecular flexibility index (Phi) is 3.66. The summed E-state index contributed by atoms with van der Waals surface area (Å²) in [5.41, 5.74) is 4.14. The Bertz CT molecular complexity index is 451. The number of fused-ring (bicyclic) bond motifs is 1. The van der Waals surface area contributed by atoms with E-state index in [1.165, 1.54) is 49.7 Å². The quantitative estimate of drug-likeness (QED) is 0.839. The topological polar surface area (TPSA) is 20.2 Å². The van der Waals surface area contributed by atoms with Crippen LogP contribution in [0.4, 0.5) is 0 Å². The van der Waals surface area contributed by atoms with Gasteiger partial charge in [0.1, 0.15) is 0 Å². The van der Waals surface area contributed by atoms with Gasteiger partial charge in [-0.1, -0.05) is 38.5 Å². The summed E-state index contributed by atoms with van der Waals surface area (Å²) in [7, 11) is 0. The highest BCUT2D eigenvalue weighted by molar-refractivity contribution is 5.36. The van der Waals surface area contributed by atoms with E-state index in [1.54, 1.807) is 0 Å². The standard InChI is InChI=1S/C18H26O/c1-12-6-7-16(10-13(12)2)18(19)17-9-8-14-4-3-5-15(14)11-17/h8-9,11-13,16,18-19H,3-7,10H2,1-2H3. The second-order valence-corrected chi connectivity index (χ2v) is 6.85. The first-order valence-electron chi connectivity index (χ1n) is 7.95. The second-order valence-electron chi connectivity index (χ2n) is 6.85. The minimum atomic E-state index is -0.249. The van der Waals surface area contributed by atoms with E-state index < -0.39 is 0 Å². The Hall–Kier alpha value is -0.820. The molecule has 0 bridgehead atoms. The van der Waals surface area contributed by atoms with Crippen LogP contribution in [-0.2, 0) is 12.8 Å². The maximum Gasteiger partial charge on any atom is 0.0818 e. The lowest BCUT2D eigenvalue weighted by Crippen LogP contribution is -2.25. The van der Waals surface area contributed by atoms with E-state index in [0.717, 1.165) is 17.4 Å². The zero-order valence-electron chi connectivity index (χ0n) is 12.2. The van der Waals surface area contributed by atoms with Gasteiger partial charge in [0.15, 0.2) is 0 Å². The molecule has 0 spiro atoms. The van der Waals surface area contributed by atoms with Crippen molar-refractivity contribution in [3.63, 3.8) is 0 Å². The van der Waals surface area contributed by atoms with Crippen LogP contribution in [0.15, 0.2) is 18.2 Å². The van der Waals surface area contributed by atoms with Crippen LogP contribution in [0.25, 0.3) is 0 Å². The van der Waals surface area contributed by atoms with E-state index in [0.29, 0.717) is 5.92 Å². The SMILES string of the molecule is CC1CCC(C(O)c2ccc3c(c2)CCC3)CC1C. The average Bonchev–Trinajstić information content (AvgIpc) is 2.88. The van der Waals surface area contributed by atoms with Crippen molar-refractivity contribution in [2.24, 2.45) is 17.8 Å². The molecule has 1 nitrogen and oxygen atoms in total. The van der Waals surface area contributed by atoms with Crippen LogP contribution >= 0.6 is 0 Å². The zero-order valence-corrected chi connectivity index (χ0v) is 12.2. The van der Waals surface area contributed by atoms with Crippen molar-refractivity contribution >= 4 is 0 Å². The lowest BCUT2D eigenvalue weighted by Gasteiger charge is -2.35. The molecule has 19 heavy (non-hydrogen) atoms. The zero-order chi connectivity index (χ0) is 13.4. The van der Waals surface area contributed by atoms with Gasteiger partial charge in [-0.05, 0) is 66.5 Å². The molecule has 1 aromatic carbocycles. The molecule has 0 aromatic heterocycles. The van der Waals surface area contributed by atoms with Gasteiger partial charge in [-0.2, -0.15) is 0 Å². The summed E-state index contributed by atoms with van der Waals surface area (Å²) in [5.74, 6) is 2.04. The summed E-state index contributed by atoms with van der Waals surface area (Å²) < 4.78 is 0. The number of aliphatic hydroxyl groups excluding tert-OH is 1. The highest BCUT2D eigenvalue weighted by Gasteiger charge is 2.30. The molecule has 0 aliphatic heterocycles. The molecule has 1 saturated carbocycles. The van der Waals surface area contributed by atoms with Crippen LogP contribution in [0.5, 0.6) is 0 Å². The first kappa shape index (κ1) is 13.2. The van der Waals surface area contributed by atoms with Crippen LogP contribution in [0, 0.1) is 17.8 Å². The van der Waals surface area contributed by atoms with E-state index in [9.17, 15) is 5.11 Å². The van der Waals surface area contributed by atoms with Gasteiger partial charge in [-0.15, -0.1) is 0 Å². The van der Waals surface area contributed by atoms with Crippen LogP contribution in [0.1, 0.15) is 62.3 Å². The van der Waals surface area contributed by atoms with Crippen molar-refractivity contribution in [2.75, 3.05) is 0 Å². The summed E-state index contributed by atoms with van der Waals surface area (Å²) in [4.78, 5) is 0. The van der Waals surface area contributed by atoms with Gasteiger partial charge in [0.25, 0.3) is 0 Å². The van der Waals surface area contributed by atoms with E-state index in [2.05, 4.69) is 32.0 Å². The number of rotatable bonds is 2. The minimum Gasteiger partial charge on any atom is -0.388 e. The Morgan fingerprint density at radius 3 is 2.63 bits per heavy atom. The number of aryl methyl sites for hydroxylation is 2. The largest absolute Gasteiger partial charge is 0.388 e. The summed E-state index contributed by atoms with van der Waals surface area (Å²) in [6.45, 7) is 4.69. The fourth-order valence-electron chi connectivity index (χ4n) is 3.92. The second kappa shape index (κ2) is 5.28. The maximum atomic E-state index is 10.7. The van der Waals surface area contributed by atoms with Crippen molar-refractivity contribution in [3.8, 4) is 0 Å². The van der Waals surface area contributed by atoms with E-state index in [4.69, 9.17) is 0 Å². The average molecular weight is 258 g/mol. The Morgan fingerprint density at radius 1 is 1.05 bits per heavy atom. The fourth-order valence-corrected chi connectivity index (χ4v) is 3.92. The van der Waals surface area contributed by atoms with Gasteiger partial charge in [0.05, 0.1) is 6.10 Å². The van der Waals surface area contributed by atoms with E-state index >= 15 is 0 Å². The highest BCUT2D eigenvalue weighted by Crippen LogP contribution is 2.40. The molecule has 4 unspecified atom stereocenters. The van der Waals surface area contributed by atoms with Crippen molar-refractivity contribution in [1.82, 2.24) is 0 Å². The molecule has 104 valence electrons. The number of aliphatic hydroxyl groups is 1. The fraction of sp³-hybridized carbons (Fsp3) is 0.667. The molecular formula is C18H26O. The van der Waals surface area contributed by atoms with Gasteiger partial charge in [0, 0.05) is 0 Å². The number of hydrogen-bond acceptors (Lipinski definition) is 1. The Balaban J connectivity index is 1.75. The third kappa shape index (κ3) is 2.58. The lowest BCUT2D eigenvalue weighted by atomic mass is 9.73. The Morgan fingerprint density at radius 2 is 1.84 bits per heavy atom. The van der Waals surface area contributed by atoms with Crippen molar-refractivity contribution in [1.29, 1.82) is 0 Å². The third-order valence-corrected chi connectivity index (χ3v) is 5.55. The molecule has 0 amide bonds. The lowest BCUT2D eigenvalue weighted by molar-refractivity contribution is 0.0560. The van der Waals surface area contributed by atoms with Gasteiger partial charge in [-0.3, -0.25) is 0 Å². The van der Waals surface area contributed by atoms with E-state index in [-0.39, 0.29) is 6.10 Å². The number of benzene rings is 1. The van der Waals surface area contributed by atoms with Crippen molar-refractivity contribution < 1.29 is 5.11 Å². The molecule has 0 heterocycles. The molecular weight excluding hydrogens is 232 g/mol. The highest BCUT2D eigenvalue weighted by atomic mass is 16.3. The monoisotopic (exact) mass is 258 g/mol. The molecule has 4 atom stereocenters. The van der Waals surface area contributed by atoms with Crippen molar-refractivity contribution in [2.45, 2.75) is 58.5 Å². The predicted molar refractivity (Wildman–Crippen MR) is 79.1 cm³/mol. The molecule has 3 rings (SSSR count). The van der Waals surface area contributed by atoms with Crippen molar-refractivity contribution in [3.05, 3.63) is 34.9 Å². The first-order valence-corrected chi connectivity index (χ1v) is 7.95. The maximum absolute atomic E-state index is 10.7. The molecule has 1 aromatic rings. The number of hydrogen-bond donors (Lipinski definition) is 1. The summed E-state index contributed by atoms with van der Waals surface area (Å²) in [6.07, 6.45) is 7.10. The van der Waals surface area contributed by atoms with Crippen LogP contribution < -0.4 is 0 Å². The molecule has 1 fully saturated rings. The molecule has 0 radical (unpaired) electrons. The van der Waals surface area contributed by atoms with Gasteiger partial charge in [0.2, 0.25) is 0 Å². The predicted octanol–water partition coefficient (Wildman–Crippen LogP) is 4.28. The molecule has 0 saturated heterocycles. The molecule has 2 aliphatic rings. The van der Waals surface area contributed by atoms with E-state index in [1.807, 2.05) is 0 Å². The normalized spacial score (nSPS) is 32.1. The minimum absolute atomic E-state index is 0.249. The summed E-state index contributed by atoms with van der Waals surface area (Å²) in [5, 5.41) is 10.7. The summed E-state index contributed by atoms with van der Waals surface area (Å²) in [6, 6.07) is 6.68. The van der Waals surface area contributed by atoms with Crippen LogP contribution in [0.3, 0.4) is 0 Å². The molecule has 2 aliphatic carbocycles.